The molecular formula is C25H36FN3O5S. The maximum atomic E-state index is 13.5. The summed E-state index contributed by atoms with van der Waals surface area (Å²) in [5, 5.41) is 20.3. The molecule has 0 aliphatic heterocycles. The van der Waals surface area contributed by atoms with Gasteiger partial charge in [0.2, 0.25) is 16.0 Å². The van der Waals surface area contributed by atoms with Crippen LogP contribution in [0.1, 0.15) is 64.6 Å². The number of carbonyl (C=O) groups excluding carboxylic acids is 1. The largest absolute Gasteiger partial charge is 0.393 e. The number of aromatic nitrogens is 2. The molecule has 0 aliphatic rings. The molecule has 0 aliphatic carbocycles. The van der Waals surface area contributed by atoms with Crippen LogP contribution in [0.5, 0.6) is 0 Å². The van der Waals surface area contributed by atoms with E-state index in [-0.39, 0.29) is 30.5 Å². The Balaban J connectivity index is 0.00000298. The lowest BCUT2D eigenvalue weighted by atomic mass is 9.97. The SMILES string of the molecule is CC.CC(=O)CC(O)CC(O)/C=C/c1c(-c2ccc(F)cc2)nc(N(C)S(C)(=O)=O)nc1C(C)C. The van der Waals surface area contributed by atoms with E-state index in [0.717, 1.165) is 10.6 Å². The highest BCUT2D eigenvalue weighted by atomic mass is 32.2. The van der Waals surface area contributed by atoms with Crippen molar-refractivity contribution in [3.63, 3.8) is 0 Å². The number of Topliss-reactive ketones (excluding diaryl/α,β-unsaturated/α-hetero) is 1. The van der Waals surface area contributed by atoms with Crippen molar-refractivity contribution in [3.05, 3.63) is 47.4 Å². The molecule has 0 radical (unpaired) electrons. The smallest absolute Gasteiger partial charge is 0.239 e. The lowest BCUT2D eigenvalue weighted by Crippen LogP contribution is -2.27. The second kappa shape index (κ2) is 13.4. The number of halogens is 1. The molecule has 0 spiro atoms. The summed E-state index contributed by atoms with van der Waals surface area (Å²) in [5.41, 5.74) is 1.96. The Labute approximate surface area is 207 Å². The molecule has 0 saturated heterocycles. The number of sulfonamides is 1. The minimum Gasteiger partial charge on any atom is -0.393 e. The highest BCUT2D eigenvalue weighted by molar-refractivity contribution is 7.92. The van der Waals surface area contributed by atoms with Crippen LogP contribution < -0.4 is 4.31 Å². The van der Waals surface area contributed by atoms with E-state index in [2.05, 4.69) is 9.97 Å². The normalized spacial score (nSPS) is 13.3. The zero-order valence-corrected chi connectivity index (χ0v) is 22.2. The molecule has 2 aromatic rings. The summed E-state index contributed by atoms with van der Waals surface area (Å²) in [6.45, 7) is 9.12. The van der Waals surface area contributed by atoms with E-state index < -0.39 is 28.0 Å². The predicted molar refractivity (Wildman–Crippen MR) is 137 cm³/mol. The summed E-state index contributed by atoms with van der Waals surface area (Å²) in [7, 11) is -2.28. The predicted octanol–water partition coefficient (Wildman–Crippen LogP) is 3.93. The van der Waals surface area contributed by atoms with E-state index in [1.54, 1.807) is 6.08 Å². The monoisotopic (exact) mass is 509 g/mol. The van der Waals surface area contributed by atoms with Crippen LogP contribution in [-0.2, 0) is 14.8 Å². The van der Waals surface area contributed by atoms with Gasteiger partial charge in [-0.15, -0.1) is 0 Å². The Morgan fingerprint density at radius 1 is 1.14 bits per heavy atom. The molecule has 2 N–H and O–H groups in total. The van der Waals surface area contributed by atoms with Crippen LogP contribution >= 0.6 is 0 Å². The summed E-state index contributed by atoms with van der Waals surface area (Å²) in [6.07, 6.45) is 1.99. The Bertz CT molecular complexity index is 1120. The number of aliphatic hydroxyl groups excluding tert-OH is 2. The zero-order valence-electron chi connectivity index (χ0n) is 21.4. The molecule has 10 heteroatoms. The lowest BCUT2D eigenvalue weighted by molar-refractivity contribution is -0.119. The van der Waals surface area contributed by atoms with Crippen LogP contribution in [0, 0.1) is 5.82 Å². The van der Waals surface area contributed by atoms with Gasteiger partial charge >= 0.3 is 0 Å². The second-order valence-corrected chi connectivity index (χ2v) is 10.3. The number of carbonyl (C=O) groups is 1. The average molecular weight is 510 g/mol. The molecule has 0 fully saturated rings. The van der Waals surface area contributed by atoms with Crippen molar-refractivity contribution in [1.82, 2.24) is 9.97 Å². The summed E-state index contributed by atoms with van der Waals surface area (Å²) < 4.78 is 38.7. The first-order valence-corrected chi connectivity index (χ1v) is 13.3. The summed E-state index contributed by atoms with van der Waals surface area (Å²) in [6, 6.07) is 5.59. The van der Waals surface area contributed by atoms with Gasteiger partial charge in [0.05, 0.1) is 29.9 Å². The zero-order chi connectivity index (χ0) is 26.9. The van der Waals surface area contributed by atoms with Gasteiger partial charge in [0.15, 0.2) is 0 Å². The van der Waals surface area contributed by atoms with Crippen LogP contribution in [0.25, 0.3) is 17.3 Å². The van der Waals surface area contributed by atoms with Crippen molar-refractivity contribution in [2.75, 3.05) is 17.6 Å². The number of rotatable bonds is 10. The van der Waals surface area contributed by atoms with E-state index >= 15 is 0 Å². The lowest BCUT2D eigenvalue weighted by Gasteiger charge is -2.20. The minimum absolute atomic E-state index is 0.0323. The van der Waals surface area contributed by atoms with E-state index in [4.69, 9.17) is 0 Å². The quantitative estimate of drug-likeness (QED) is 0.498. The first-order valence-electron chi connectivity index (χ1n) is 11.4. The molecule has 1 heterocycles. The fourth-order valence-electron chi connectivity index (χ4n) is 3.18. The van der Waals surface area contributed by atoms with Crippen LogP contribution in [-0.4, -0.2) is 59.9 Å². The van der Waals surface area contributed by atoms with Crippen molar-refractivity contribution in [2.24, 2.45) is 0 Å². The second-order valence-electron chi connectivity index (χ2n) is 8.29. The van der Waals surface area contributed by atoms with Crippen molar-refractivity contribution >= 4 is 27.8 Å². The van der Waals surface area contributed by atoms with E-state index in [1.165, 1.54) is 44.3 Å². The van der Waals surface area contributed by atoms with Crippen molar-refractivity contribution in [3.8, 4) is 11.3 Å². The average Bonchev–Trinajstić information content (AvgIpc) is 2.77. The first kappa shape index (κ1) is 30.3. The molecule has 194 valence electrons. The third kappa shape index (κ3) is 9.12. The Hall–Kier alpha value is -2.69. The molecule has 2 atom stereocenters. The Kier molecular flexibility index (Phi) is 11.6. The Morgan fingerprint density at radius 3 is 2.20 bits per heavy atom. The van der Waals surface area contributed by atoms with Gasteiger partial charge in [-0.05, 0) is 37.1 Å². The maximum absolute atomic E-state index is 13.5. The van der Waals surface area contributed by atoms with Crippen molar-refractivity contribution < 1.29 is 27.8 Å². The van der Waals surface area contributed by atoms with Gasteiger partial charge in [0, 0.05) is 31.0 Å². The number of hydrogen-bond acceptors (Lipinski definition) is 7. The third-order valence-corrected chi connectivity index (χ3v) is 6.09. The molecule has 2 rings (SSSR count). The summed E-state index contributed by atoms with van der Waals surface area (Å²) >= 11 is 0. The van der Waals surface area contributed by atoms with Crippen molar-refractivity contribution in [1.29, 1.82) is 0 Å². The van der Waals surface area contributed by atoms with E-state index in [0.29, 0.717) is 22.5 Å². The van der Waals surface area contributed by atoms with E-state index in [9.17, 15) is 27.8 Å². The van der Waals surface area contributed by atoms with E-state index in [1.807, 2.05) is 27.7 Å². The molecule has 1 aromatic carbocycles. The highest BCUT2D eigenvalue weighted by Gasteiger charge is 2.22. The number of ketones is 1. The molecule has 35 heavy (non-hydrogen) atoms. The fourth-order valence-corrected chi connectivity index (χ4v) is 3.55. The van der Waals surface area contributed by atoms with Gasteiger partial charge in [-0.25, -0.2) is 27.1 Å². The standard InChI is InChI=1S/C23H30FN3O5S.C2H6/c1-14(2)21-20(11-10-18(29)13-19(30)12-15(3)28)22(16-6-8-17(24)9-7-16)26-23(25-21)27(4)33(5,31)32;1-2/h6-11,14,18-19,29-30H,12-13H2,1-5H3;1-2H3/b11-10+;. The maximum Gasteiger partial charge on any atom is 0.239 e. The van der Waals surface area contributed by atoms with Gasteiger partial charge < -0.3 is 10.2 Å². The molecule has 0 saturated carbocycles. The van der Waals surface area contributed by atoms with Gasteiger partial charge in [0.1, 0.15) is 11.6 Å². The minimum atomic E-state index is -3.63. The first-order chi connectivity index (χ1) is 16.3. The molecular weight excluding hydrogens is 473 g/mol. The molecule has 8 nitrogen and oxygen atoms in total. The van der Waals surface area contributed by atoms with Crippen LogP contribution in [0.3, 0.4) is 0 Å². The van der Waals surface area contributed by atoms with Gasteiger partial charge in [0.25, 0.3) is 0 Å². The Morgan fingerprint density at radius 2 is 1.71 bits per heavy atom. The molecule has 0 amide bonds. The summed E-state index contributed by atoms with van der Waals surface area (Å²) in [4.78, 5) is 20.1. The molecule has 0 bridgehead atoms. The van der Waals surface area contributed by atoms with Crippen LogP contribution in [0.2, 0.25) is 0 Å². The molecule has 2 unspecified atom stereocenters. The number of benzene rings is 1. The molecule has 1 aromatic heterocycles. The topological polar surface area (TPSA) is 121 Å². The van der Waals surface area contributed by atoms with Crippen molar-refractivity contribution in [2.45, 2.75) is 65.6 Å². The van der Waals surface area contributed by atoms with Crippen LogP contribution in [0.4, 0.5) is 10.3 Å². The number of hydrogen-bond donors (Lipinski definition) is 2. The fraction of sp³-hybridized carbons (Fsp3) is 0.480. The number of anilines is 1. The van der Waals surface area contributed by atoms with Gasteiger partial charge in [-0.2, -0.15) is 0 Å². The van der Waals surface area contributed by atoms with Gasteiger partial charge in [-0.1, -0.05) is 39.8 Å². The third-order valence-electron chi connectivity index (χ3n) is 4.93. The van der Waals surface area contributed by atoms with Crippen LogP contribution in [0.15, 0.2) is 30.3 Å². The van der Waals surface area contributed by atoms with Gasteiger partial charge in [-0.3, -0.25) is 4.79 Å². The highest BCUT2D eigenvalue weighted by Crippen LogP contribution is 2.31. The number of aliphatic hydroxyl groups is 2. The summed E-state index contributed by atoms with van der Waals surface area (Å²) in [5.74, 6) is -0.787. The number of nitrogens with zero attached hydrogens (tertiary/aromatic N) is 3.